The van der Waals surface area contributed by atoms with Gasteiger partial charge in [0.05, 0.1) is 6.04 Å². The Morgan fingerprint density at radius 3 is 2.50 bits per heavy atom. The standard InChI is InChI=1S/C17H25FN2O.ClH/c1-19-12-4-7-16(21)20-17(13-5-2-3-6-13)14-8-10-15(18)11-9-14;/h8-11,13,17,19H,2-7,12H2,1H3,(H,20,21);1H. The van der Waals surface area contributed by atoms with Gasteiger partial charge in [0.2, 0.25) is 5.91 Å². The van der Waals surface area contributed by atoms with Gasteiger partial charge in [0.15, 0.2) is 0 Å². The highest BCUT2D eigenvalue weighted by molar-refractivity contribution is 5.85. The van der Waals surface area contributed by atoms with Crippen molar-refractivity contribution in [3.8, 4) is 0 Å². The first-order valence-corrected chi connectivity index (χ1v) is 7.90. The molecule has 1 amide bonds. The highest BCUT2D eigenvalue weighted by Gasteiger charge is 2.27. The Bertz CT molecular complexity index is 446. The van der Waals surface area contributed by atoms with Gasteiger partial charge in [-0.3, -0.25) is 4.79 Å². The zero-order valence-corrected chi connectivity index (χ0v) is 13.9. The molecule has 0 bridgehead atoms. The van der Waals surface area contributed by atoms with Crippen molar-refractivity contribution in [2.75, 3.05) is 13.6 Å². The van der Waals surface area contributed by atoms with Crippen LogP contribution in [0.1, 0.15) is 50.1 Å². The normalized spacial score (nSPS) is 16.1. The van der Waals surface area contributed by atoms with Crippen molar-refractivity contribution in [1.82, 2.24) is 10.6 Å². The topological polar surface area (TPSA) is 41.1 Å². The molecule has 1 aromatic rings. The lowest BCUT2D eigenvalue weighted by Gasteiger charge is -2.25. The molecule has 3 nitrogen and oxygen atoms in total. The third-order valence-electron chi connectivity index (χ3n) is 4.25. The number of hydrogen-bond acceptors (Lipinski definition) is 2. The van der Waals surface area contributed by atoms with Crippen molar-refractivity contribution in [3.63, 3.8) is 0 Å². The van der Waals surface area contributed by atoms with Crippen LogP contribution < -0.4 is 10.6 Å². The Balaban J connectivity index is 0.00000242. The van der Waals surface area contributed by atoms with Gasteiger partial charge in [0.1, 0.15) is 5.82 Å². The van der Waals surface area contributed by atoms with Gasteiger partial charge in [0, 0.05) is 6.42 Å². The van der Waals surface area contributed by atoms with E-state index in [2.05, 4.69) is 10.6 Å². The number of rotatable bonds is 7. The zero-order valence-electron chi connectivity index (χ0n) is 13.1. The summed E-state index contributed by atoms with van der Waals surface area (Å²) < 4.78 is 13.1. The van der Waals surface area contributed by atoms with Crippen molar-refractivity contribution in [3.05, 3.63) is 35.6 Å². The number of hydrogen-bond donors (Lipinski definition) is 2. The van der Waals surface area contributed by atoms with Gasteiger partial charge < -0.3 is 10.6 Å². The molecule has 1 saturated carbocycles. The Morgan fingerprint density at radius 2 is 1.91 bits per heavy atom. The molecule has 0 radical (unpaired) electrons. The van der Waals surface area contributed by atoms with E-state index in [0.29, 0.717) is 12.3 Å². The molecule has 1 aliphatic rings. The van der Waals surface area contributed by atoms with Crippen molar-refractivity contribution in [2.24, 2.45) is 5.92 Å². The highest BCUT2D eigenvalue weighted by atomic mass is 35.5. The number of benzene rings is 1. The lowest BCUT2D eigenvalue weighted by Crippen LogP contribution is -2.33. The fourth-order valence-corrected chi connectivity index (χ4v) is 3.11. The summed E-state index contributed by atoms with van der Waals surface area (Å²) in [4.78, 5) is 12.1. The van der Waals surface area contributed by atoms with E-state index in [9.17, 15) is 9.18 Å². The first-order chi connectivity index (χ1) is 10.2. The van der Waals surface area contributed by atoms with E-state index in [0.717, 1.165) is 31.4 Å². The van der Waals surface area contributed by atoms with Crippen molar-refractivity contribution >= 4 is 18.3 Å². The number of carbonyl (C=O) groups excluding carboxylic acids is 1. The predicted octanol–water partition coefficient (Wildman–Crippen LogP) is 3.59. The third kappa shape index (κ3) is 5.58. The summed E-state index contributed by atoms with van der Waals surface area (Å²) in [6.07, 6.45) is 6.09. The van der Waals surface area contributed by atoms with E-state index < -0.39 is 0 Å². The number of amides is 1. The molecule has 0 saturated heterocycles. The minimum atomic E-state index is -0.232. The van der Waals surface area contributed by atoms with E-state index in [-0.39, 0.29) is 30.2 Å². The summed E-state index contributed by atoms with van der Waals surface area (Å²) in [6.45, 7) is 0.845. The van der Waals surface area contributed by atoms with Crippen LogP contribution >= 0.6 is 12.4 Å². The third-order valence-corrected chi connectivity index (χ3v) is 4.25. The molecule has 2 N–H and O–H groups in total. The largest absolute Gasteiger partial charge is 0.349 e. The Hall–Kier alpha value is -1.13. The predicted molar refractivity (Wildman–Crippen MR) is 89.7 cm³/mol. The van der Waals surface area contributed by atoms with Gasteiger partial charge in [0.25, 0.3) is 0 Å². The molecule has 22 heavy (non-hydrogen) atoms. The van der Waals surface area contributed by atoms with Gasteiger partial charge in [-0.05, 0) is 56.5 Å². The van der Waals surface area contributed by atoms with Crippen molar-refractivity contribution in [2.45, 2.75) is 44.6 Å². The van der Waals surface area contributed by atoms with Gasteiger partial charge >= 0.3 is 0 Å². The second kappa shape index (κ2) is 9.80. The van der Waals surface area contributed by atoms with E-state index in [1.165, 1.54) is 25.0 Å². The van der Waals surface area contributed by atoms with E-state index >= 15 is 0 Å². The summed E-state index contributed by atoms with van der Waals surface area (Å²) in [5.74, 6) is 0.333. The monoisotopic (exact) mass is 328 g/mol. The number of carbonyl (C=O) groups is 1. The Morgan fingerprint density at radius 1 is 1.27 bits per heavy atom. The van der Waals surface area contributed by atoms with E-state index in [1.807, 2.05) is 7.05 Å². The molecule has 1 unspecified atom stereocenters. The smallest absolute Gasteiger partial charge is 0.220 e. The first kappa shape index (κ1) is 18.9. The Kier molecular flexibility index (Phi) is 8.43. The van der Waals surface area contributed by atoms with Crippen LogP contribution in [0.5, 0.6) is 0 Å². The van der Waals surface area contributed by atoms with Crippen LogP contribution in [0.3, 0.4) is 0 Å². The summed E-state index contributed by atoms with van der Waals surface area (Å²) in [5.41, 5.74) is 1.02. The quantitative estimate of drug-likeness (QED) is 0.751. The molecule has 2 rings (SSSR count). The molecule has 0 heterocycles. The SMILES string of the molecule is CNCCCC(=O)NC(c1ccc(F)cc1)C1CCCC1.Cl. The van der Waals surface area contributed by atoms with E-state index in [4.69, 9.17) is 0 Å². The molecule has 1 atom stereocenters. The summed E-state index contributed by atoms with van der Waals surface area (Å²) in [5, 5.41) is 6.21. The molecule has 1 fully saturated rings. The maximum Gasteiger partial charge on any atom is 0.220 e. The molecule has 1 aromatic carbocycles. The van der Waals surface area contributed by atoms with Gasteiger partial charge in [-0.1, -0.05) is 25.0 Å². The maximum atomic E-state index is 13.1. The molecule has 124 valence electrons. The maximum absolute atomic E-state index is 13.1. The summed E-state index contributed by atoms with van der Waals surface area (Å²) in [7, 11) is 1.89. The zero-order chi connectivity index (χ0) is 15.1. The highest BCUT2D eigenvalue weighted by Crippen LogP contribution is 2.35. The molecule has 0 spiro atoms. The van der Waals surface area contributed by atoms with Crippen molar-refractivity contribution < 1.29 is 9.18 Å². The van der Waals surface area contributed by atoms with Crippen molar-refractivity contribution in [1.29, 1.82) is 0 Å². The average molecular weight is 329 g/mol. The molecular formula is C17H26ClFN2O. The summed E-state index contributed by atoms with van der Waals surface area (Å²) in [6, 6.07) is 6.57. The number of nitrogens with one attached hydrogen (secondary N) is 2. The van der Waals surface area contributed by atoms with Crippen LogP contribution in [-0.4, -0.2) is 19.5 Å². The van der Waals surface area contributed by atoms with Crippen LogP contribution in [0.25, 0.3) is 0 Å². The van der Waals surface area contributed by atoms with Gasteiger partial charge in [-0.2, -0.15) is 0 Å². The van der Waals surface area contributed by atoms with Crippen LogP contribution in [0.4, 0.5) is 4.39 Å². The van der Waals surface area contributed by atoms with Crippen LogP contribution in [0, 0.1) is 11.7 Å². The first-order valence-electron chi connectivity index (χ1n) is 7.90. The molecule has 1 aliphatic carbocycles. The molecular weight excluding hydrogens is 303 g/mol. The minimum absolute atomic E-state index is 0. The van der Waals surface area contributed by atoms with Crippen LogP contribution in [0.15, 0.2) is 24.3 Å². The lowest BCUT2D eigenvalue weighted by atomic mass is 9.91. The minimum Gasteiger partial charge on any atom is -0.349 e. The van der Waals surface area contributed by atoms with Crippen LogP contribution in [0.2, 0.25) is 0 Å². The van der Waals surface area contributed by atoms with E-state index in [1.54, 1.807) is 12.1 Å². The molecule has 0 aliphatic heterocycles. The second-order valence-corrected chi connectivity index (χ2v) is 5.85. The average Bonchev–Trinajstić information content (AvgIpc) is 3.00. The molecule has 5 heteroatoms. The summed E-state index contributed by atoms with van der Waals surface area (Å²) >= 11 is 0. The van der Waals surface area contributed by atoms with Gasteiger partial charge in [-0.25, -0.2) is 4.39 Å². The van der Waals surface area contributed by atoms with Crippen LogP contribution in [-0.2, 0) is 4.79 Å². The fraction of sp³-hybridized carbons (Fsp3) is 0.588. The number of halogens is 2. The van der Waals surface area contributed by atoms with Gasteiger partial charge in [-0.15, -0.1) is 12.4 Å². The molecule has 0 aromatic heterocycles. The second-order valence-electron chi connectivity index (χ2n) is 5.85. The lowest BCUT2D eigenvalue weighted by molar-refractivity contribution is -0.122. The fourth-order valence-electron chi connectivity index (χ4n) is 3.11. The Labute approximate surface area is 138 Å².